The highest BCUT2D eigenvalue weighted by molar-refractivity contribution is 7.99. The third-order valence-corrected chi connectivity index (χ3v) is 8.18. The number of nitrogens with zero attached hydrogens (tertiary/aromatic N) is 2. The number of thioether (sulfide) groups is 1. The zero-order valence-corrected chi connectivity index (χ0v) is 25.4. The van der Waals surface area contributed by atoms with E-state index in [-0.39, 0.29) is 24.7 Å². The molecule has 1 saturated heterocycles. The van der Waals surface area contributed by atoms with Crippen molar-refractivity contribution in [2.24, 2.45) is 0 Å². The molecule has 0 radical (unpaired) electrons. The minimum absolute atomic E-state index is 0.00688. The van der Waals surface area contributed by atoms with E-state index < -0.39 is 18.4 Å². The molecule has 1 aromatic heterocycles. The molecule has 0 aliphatic carbocycles. The normalized spacial score (nSPS) is 18.8. The average Bonchev–Trinajstić information content (AvgIpc) is 3.06. The second-order valence-electron chi connectivity index (χ2n) is 10.5. The molecule has 0 unspecified atom stereocenters. The molecule has 4 atom stereocenters. The number of ether oxygens (including phenoxy) is 3. The molecule has 5 rings (SSSR count). The Morgan fingerprint density at radius 3 is 2.39 bits per heavy atom. The van der Waals surface area contributed by atoms with Gasteiger partial charge in [-0.1, -0.05) is 78.5 Å². The number of benzene rings is 3. The number of nitrogens with one attached hydrogen (secondary N) is 1. The molecule has 0 bridgehead atoms. The van der Waals surface area contributed by atoms with Crippen LogP contribution in [0.5, 0.6) is 0 Å². The van der Waals surface area contributed by atoms with E-state index in [4.69, 9.17) is 14.2 Å². The molecule has 1 aliphatic heterocycles. The van der Waals surface area contributed by atoms with Crippen molar-refractivity contribution in [1.29, 1.82) is 0 Å². The van der Waals surface area contributed by atoms with Gasteiger partial charge >= 0.3 is 5.97 Å². The zero-order valence-electron chi connectivity index (χ0n) is 24.6. The Hall–Kier alpha value is -4.09. The molecule has 9 nitrogen and oxygen atoms in total. The van der Waals surface area contributed by atoms with Gasteiger partial charge in [-0.25, -0.2) is 9.97 Å². The van der Waals surface area contributed by atoms with Crippen LogP contribution in [0.4, 0.5) is 0 Å². The van der Waals surface area contributed by atoms with Crippen molar-refractivity contribution >= 4 is 23.6 Å². The van der Waals surface area contributed by atoms with Crippen LogP contribution < -0.4 is 5.32 Å². The Bertz CT molecular complexity index is 1540. The van der Waals surface area contributed by atoms with E-state index >= 15 is 0 Å². The fourth-order valence-electron chi connectivity index (χ4n) is 4.88. The topological polar surface area (TPSA) is 120 Å². The summed E-state index contributed by atoms with van der Waals surface area (Å²) >= 11 is 1.55. The number of amides is 1. The van der Waals surface area contributed by atoms with E-state index in [1.165, 1.54) is 6.92 Å². The maximum atomic E-state index is 12.2. The van der Waals surface area contributed by atoms with E-state index in [2.05, 4.69) is 15.3 Å². The first-order valence-corrected chi connectivity index (χ1v) is 15.4. The van der Waals surface area contributed by atoms with Gasteiger partial charge in [0.05, 0.1) is 18.8 Å². The summed E-state index contributed by atoms with van der Waals surface area (Å²) in [5.74, 6) is -0.167. The van der Waals surface area contributed by atoms with Crippen LogP contribution in [-0.4, -0.2) is 44.9 Å². The van der Waals surface area contributed by atoms with Gasteiger partial charge in [0.15, 0.2) is 17.6 Å². The first-order valence-electron chi connectivity index (χ1n) is 14.4. The SMILES string of the molecule is CC(=O)O[C@@H](C)C(=O)NCc1cccc(-c2ccc([C@H]3O[C@@H](CSc4ncccn4)C[C@@H](c4ccc(CO)cc4)O3)cc2)c1. The van der Waals surface area contributed by atoms with Gasteiger partial charge < -0.3 is 24.6 Å². The predicted molar refractivity (Wildman–Crippen MR) is 166 cm³/mol. The molecule has 228 valence electrons. The van der Waals surface area contributed by atoms with Crippen molar-refractivity contribution < 1.29 is 28.9 Å². The van der Waals surface area contributed by atoms with Gasteiger partial charge in [0.1, 0.15) is 0 Å². The highest BCUT2D eigenvalue weighted by Crippen LogP contribution is 2.39. The van der Waals surface area contributed by atoms with Crippen molar-refractivity contribution in [1.82, 2.24) is 15.3 Å². The van der Waals surface area contributed by atoms with Crippen LogP contribution >= 0.6 is 11.8 Å². The number of hydrogen-bond acceptors (Lipinski definition) is 9. The first kappa shape index (κ1) is 31.3. The largest absolute Gasteiger partial charge is 0.453 e. The predicted octanol–water partition coefficient (Wildman–Crippen LogP) is 5.54. The number of hydrogen-bond donors (Lipinski definition) is 2. The summed E-state index contributed by atoms with van der Waals surface area (Å²) in [6.45, 7) is 3.13. The highest BCUT2D eigenvalue weighted by Gasteiger charge is 2.32. The van der Waals surface area contributed by atoms with Gasteiger partial charge in [-0.3, -0.25) is 9.59 Å². The second-order valence-corrected chi connectivity index (χ2v) is 11.5. The summed E-state index contributed by atoms with van der Waals surface area (Å²) in [6.07, 6.45) is 2.44. The lowest BCUT2D eigenvalue weighted by Gasteiger charge is -2.36. The summed E-state index contributed by atoms with van der Waals surface area (Å²) in [5.41, 5.74) is 5.72. The smallest absolute Gasteiger partial charge is 0.303 e. The van der Waals surface area contributed by atoms with Gasteiger partial charge in [0.2, 0.25) is 0 Å². The number of aromatic nitrogens is 2. The Morgan fingerprint density at radius 1 is 0.955 bits per heavy atom. The summed E-state index contributed by atoms with van der Waals surface area (Å²) in [4.78, 5) is 32.0. The Balaban J connectivity index is 1.28. The highest BCUT2D eigenvalue weighted by atomic mass is 32.2. The number of carbonyl (C=O) groups is 2. The molecule has 1 fully saturated rings. The molecule has 0 spiro atoms. The fourth-order valence-corrected chi connectivity index (χ4v) is 5.70. The van der Waals surface area contributed by atoms with E-state index in [0.29, 0.717) is 23.9 Å². The van der Waals surface area contributed by atoms with E-state index in [9.17, 15) is 14.7 Å². The molecule has 2 N–H and O–H groups in total. The third-order valence-electron chi connectivity index (χ3n) is 7.18. The summed E-state index contributed by atoms with van der Waals surface area (Å²) < 4.78 is 17.9. The summed E-state index contributed by atoms with van der Waals surface area (Å²) in [5, 5.41) is 13.0. The van der Waals surface area contributed by atoms with Crippen molar-refractivity contribution in [2.45, 2.75) is 63.2 Å². The van der Waals surface area contributed by atoms with Gasteiger partial charge in [-0.05, 0) is 46.9 Å². The van der Waals surface area contributed by atoms with Crippen LogP contribution in [0, 0.1) is 0 Å². The molecular formula is C34H35N3O6S. The van der Waals surface area contributed by atoms with Crippen LogP contribution in [0.1, 0.15) is 54.9 Å². The van der Waals surface area contributed by atoms with E-state index in [0.717, 1.165) is 33.4 Å². The first-order chi connectivity index (χ1) is 21.4. The maximum absolute atomic E-state index is 12.2. The van der Waals surface area contributed by atoms with E-state index in [1.807, 2.05) is 72.8 Å². The van der Waals surface area contributed by atoms with Crippen molar-refractivity contribution in [3.8, 4) is 11.1 Å². The summed E-state index contributed by atoms with van der Waals surface area (Å²) in [6, 6.07) is 25.6. The van der Waals surface area contributed by atoms with Crippen LogP contribution in [0.3, 0.4) is 0 Å². The zero-order chi connectivity index (χ0) is 30.9. The molecule has 44 heavy (non-hydrogen) atoms. The quantitative estimate of drug-likeness (QED) is 0.128. The third kappa shape index (κ3) is 8.51. The lowest BCUT2D eigenvalue weighted by Crippen LogP contribution is -2.35. The minimum Gasteiger partial charge on any atom is -0.453 e. The maximum Gasteiger partial charge on any atom is 0.303 e. The van der Waals surface area contributed by atoms with Crippen LogP contribution in [0.15, 0.2) is 96.4 Å². The molecule has 0 saturated carbocycles. The molecule has 3 aromatic carbocycles. The van der Waals surface area contributed by atoms with Gasteiger partial charge in [-0.15, -0.1) is 0 Å². The van der Waals surface area contributed by atoms with E-state index in [1.54, 1.807) is 37.1 Å². The molecule has 2 heterocycles. The van der Waals surface area contributed by atoms with Gasteiger partial charge in [-0.2, -0.15) is 0 Å². The number of aliphatic hydroxyl groups is 1. The molecule has 4 aromatic rings. The van der Waals surface area contributed by atoms with Crippen molar-refractivity contribution in [2.75, 3.05) is 5.75 Å². The molecule has 1 amide bonds. The Labute approximate surface area is 261 Å². The number of esters is 1. The summed E-state index contributed by atoms with van der Waals surface area (Å²) in [7, 11) is 0. The van der Waals surface area contributed by atoms with Crippen molar-refractivity contribution in [3.05, 3.63) is 114 Å². The second kappa shape index (κ2) is 15.1. The fraction of sp³-hybridized carbons (Fsp3) is 0.294. The number of carbonyl (C=O) groups excluding carboxylic acids is 2. The van der Waals surface area contributed by atoms with Crippen LogP contribution in [-0.2, 0) is 37.0 Å². The van der Waals surface area contributed by atoms with Gasteiger partial charge in [0.25, 0.3) is 5.91 Å². The standard InChI is InChI=1S/C34H35N3O6S/c1-22(41-23(2)39)32(40)37-19-25-5-3-6-29(17-25)26-11-13-28(14-12-26)33-42-30(21-44-34-35-15-4-16-36-34)18-31(43-33)27-9-7-24(20-38)8-10-27/h3-17,22,30-31,33,38H,18-21H2,1-2H3,(H,37,40)/t22-,30+,31-,33-/m0/s1. The number of rotatable bonds is 11. The number of aliphatic hydroxyl groups excluding tert-OH is 1. The molecule has 10 heteroatoms. The molecule has 1 aliphatic rings. The molecular weight excluding hydrogens is 578 g/mol. The Kier molecular flexibility index (Phi) is 10.7. The lowest BCUT2D eigenvalue weighted by atomic mass is 9.99. The average molecular weight is 614 g/mol. The van der Waals surface area contributed by atoms with Crippen LogP contribution in [0.2, 0.25) is 0 Å². The lowest BCUT2D eigenvalue weighted by molar-refractivity contribution is -0.245. The van der Waals surface area contributed by atoms with Gasteiger partial charge in [0, 0.05) is 43.6 Å². The minimum atomic E-state index is -0.850. The van der Waals surface area contributed by atoms with Crippen LogP contribution in [0.25, 0.3) is 11.1 Å². The monoisotopic (exact) mass is 613 g/mol. The van der Waals surface area contributed by atoms with Crippen molar-refractivity contribution in [3.63, 3.8) is 0 Å². The Morgan fingerprint density at radius 2 is 1.68 bits per heavy atom.